The van der Waals surface area contributed by atoms with E-state index in [1.165, 1.54) is 61.5 Å². The second-order valence-corrected chi connectivity index (χ2v) is 9.99. The minimum Gasteiger partial charge on any atom is -0.356 e. The summed E-state index contributed by atoms with van der Waals surface area (Å²) < 4.78 is 0. The van der Waals surface area contributed by atoms with Gasteiger partial charge in [0.15, 0.2) is 0 Å². The van der Waals surface area contributed by atoms with Gasteiger partial charge < -0.3 is 10.2 Å². The molecule has 3 heteroatoms. The fraction of sp³-hybridized carbons (Fsp3) is 0.133. The lowest BCUT2D eigenvalue weighted by Gasteiger charge is -2.42. The molecule has 0 aromatic heterocycles. The number of rotatable bonds is 1. The van der Waals surface area contributed by atoms with Crippen LogP contribution in [-0.2, 0) is 5.41 Å². The standard InChI is InChI=1S/C30H25BN2/c1-19-10-8-11-20(18-19)33-25-16-7-6-14-23(25)31-27-24(15-9-17-26(27)33)32-28-21-12-4-5-13-22(21)30(2,3)29(28)31/h4-18,32H,1-3H3. The summed E-state index contributed by atoms with van der Waals surface area (Å²) in [5.41, 5.74) is 14.5. The maximum atomic E-state index is 3.88. The Morgan fingerprint density at radius 2 is 1.55 bits per heavy atom. The Balaban J connectivity index is 1.55. The molecule has 7 rings (SSSR count). The number of para-hydroxylation sites is 1. The van der Waals surface area contributed by atoms with Crippen LogP contribution in [0.5, 0.6) is 0 Å². The third-order valence-corrected chi connectivity index (χ3v) is 7.72. The molecule has 1 aliphatic carbocycles. The van der Waals surface area contributed by atoms with Crippen LogP contribution >= 0.6 is 0 Å². The summed E-state index contributed by atoms with van der Waals surface area (Å²) in [4.78, 5) is 2.44. The SMILES string of the molecule is Cc1cccc(N2c3ccccc3B3C4=C(Nc5cccc2c53)c2ccccc2C4(C)C)c1. The molecule has 0 radical (unpaired) electrons. The van der Waals surface area contributed by atoms with Gasteiger partial charge in [-0.15, -0.1) is 0 Å². The lowest BCUT2D eigenvalue weighted by atomic mass is 9.30. The molecular formula is C30H25BN2. The van der Waals surface area contributed by atoms with Crippen molar-refractivity contribution in [2.24, 2.45) is 0 Å². The first-order valence-electron chi connectivity index (χ1n) is 11.8. The third kappa shape index (κ3) is 2.40. The minimum atomic E-state index is -0.0486. The molecule has 2 aliphatic heterocycles. The number of hydrogen-bond acceptors (Lipinski definition) is 2. The molecule has 4 aromatic rings. The van der Waals surface area contributed by atoms with E-state index in [4.69, 9.17) is 0 Å². The highest BCUT2D eigenvalue weighted by Crippen LogP contribution is 2.51. The van der Waals surface area contributed by atoms with Crippen molar-refractivity contribution in [2.45, 2.75) is 26.2 Å². The summed E-state index contributed by atoms with van der Waals surface area (Å²) in [6.07, 6.45) is 0. The number of fused-ring (bicyclic) bond motifs is 5. The van der Waals surface area contributed by atoms with E-state index in [0.29, 0.717) is 0 Å². The van der Waals surface area contributed by atoms with Gasteiger partial charge in [-0.2, -0.15) is 0 Å². The van der Waals surface area contributed by atoms with E-state index in [-0.39, 0.29) is 12.1 Å². The Morgan fingerprint density at radius 1 is 0.788 bits per heavy atom. The third-order valence-electron chi connectivity index (χ3n) is 7.72. The predicted molar refractivity (Wildman–Crippen MR) is 141 cm³/mol. The lowest BCUT2D eigenvalue weighted by molar-refractivity contribution is 0.666. The molecule has 1 N–H and O–H groups in total. The summed E-state index contributed by atoms with van der Waals surface area (Å²) >= 11 is 0. The van der Waals surface area contributed by atoms with Gasteiger partial charge in [0, 0.05) is 39.4 Å². The molecular weight excluding hydrogens is 399 g/mol. The first-order valence-corrected chi connectivity index (χ1v) is 11.8. The molecule has 0 amide bonds. The van der Waals surface area contributed by atoms with Crippen molar-refractivity contribution >= 4 is 46.1 Å². The van der Waals surface area contributed by atoms with Crippen LogP contribution in [0.1, 0.15) is 30.5 Å². The molecule has 0 bridgehead atoms. The average molecular weight is 424 g/mol. The number of allylic oxidation sites excluding steroid dienone is 1. The van der Waals surface area contributed by atoms with Gasteiger partial charge in [0.1, 0.15) is 0 Å². The van der Waals surface area contributed by atoms with E-state index >= 15 is 0 Å². The van der Waals surface area contributed by atoms with E-state index < -0.39 is 0 Å². The van der Waals surface area contributed by atoms with Gasteiger partial charge >= 0.3 is 0 Å². The smallest absolute Gasteiger partial charge is 0.248 e. The monoisotopic (exact) mass is 424 g/mol. The highest BCUT2D eigenvalue weighted by atomic mass is 15.2. The van der Waals surface area contributed by atoms with Crippen LogP contribution < -0.4 is 21.1 Å². The Kier molecular flexibility index (Phi) is 3.66. The molecule has 158 valence electrons. The minimum absolute atomic E-state index is 0.0486. The summed E-state index contributed by atoms with van der Waals surface area (Å²) in [6.45, 7) is 7.17. The molecule has 0 saturated heterocycles. The predicted octanol–water partition coefficient (Wildman–Crippen LogP) is 6.05. The zero-order chi connectivity index (χ0) is 22.3. The van der Waals surface area contributed by atoms with Gasteiger partial charge in [-0.3, -0.25) is 0 Å². The molecule has 0 spiro atoms. The Labute approximate surface area is 195 Å². The topological polar surface area (TPSA) is 15.3 Å². The molecule has 2 nitrogen and oxygen atoms in total. The number of anilines is 4. The van der Waals surface area contributed by atoms with E-state index in [1.54, 1.807) is 0 Å². The maximum Gasteiger partial charge on any atom is 0.248 e. The fourth-order valence-electron chi connectivity index (χ4n) is 6.35. The first-order chi connectivity index (χ1) is 16.1. The van der Waals surface area contributed by atoms with Crippen molar-refractivity contribution in [1.29, 1.82) is 0 Å². The molecule has 0 atom stereocenters. The van der Waals surface area contributed by atoms with E-state index in [0.717, 1.165) is 0 Å². The lowest BCUT2D eigenvalue weighted by Crippen LogP contribution is -2.56. The summed E-state index contributed by atoms with van der Waals surface area (Å²) in [7, 11) is 0. The molecule has 3 aliphatic rings. The Bertz CT molecular complexity index is 1500. The molecule has 0 unspecified atom stereocenters. The van der Waals surface area contributed by atoms with Gasteiger partial charge in [-0.1, -0.05) is 80.0 Å². The molecule has 0 fully saturated rings. The first kappa shape index (κ1) is 18.8. The van der Waals surface area contributed by atoms with Crippen LogP contribution in [0.3, 0.4) is 0 Å². The van der Waals surface area contributed by atoms with Gasteiger partial charge in [0.2, 0.25) is 6.71 Å². The average Bonchev–Trinajstić information content (AvgIpc) is 3.06. The molecule has 33 heavy (non-hydrogen) atoms. The highest BCUT2D eigenvalue weighted by molar-refractivity contribution is 6.96. The summed E-state index contributed by atoms with van der Waals surface area (Å²) in [5, 5.41) is 3.88. The quantitative estimate of drug-likeness (QED) is 0.374. The largest absolute Gasteiger partial charge is 0.356 e. The van der Waals surface area contributed by atoms with Crippen molar-refractivity contribution < 1.29 is 0 Å². The number of aryl methyl sites for hydroxylation is 1. The van der Waals surface area contributed by atoms with Crippen molar-refractivity contribution in [1.82, 2.24) is 0 Å². The van der Waals surface area contributed by atoms with Gasteiger partial charge in [-0.25, -0.2) is 0 Å². The zero-order valence-corrected chi connectivity index (χ0v) is 19.2. The van der Waals surface area contributed by atoms with Gasteiger partial charge in [0.05, 0.1) is 0 Å². The van der Waals surface area contributed by atoms with Crippen molar-refractivity contribution in [3.8, 4) is 0 Å². The van der Waals surface area contributed by atoms with Gasteiger partial charge in [-0.05, 0) is 59.3 Å². The summed E-state index contributed by atoms with van der Waals surface area (Å²) in [5.74, 6) is 0. The van der Waals surface area contributed by atoms with E-state index in [9.17, 15) is 0 Å². The van der Waals surface area contributed by atoms with Crippen LogP contribution in [0.25, 0.3) is 5.70 Å². The van der Waals surface area contributed by atoms with E-state index in [1.807, 2.05) is 0 Å². The second kappa shape index (κ2) is 6.42. The van der Waals surface area contributed by atoms with Crippen molar-refractivity contribution in [3.05, 3.63) is 113 Å². The molecule has 4 aromatic carbocycles. The number of benzene rings is 4. The van der Waals surface area contributed by atoms with E-state index in [2.05, 4.69) is 122 Å². The van der Waals surface area contributed by atoms with Crippen LogP contribution in [0.15, 0.2) is 96.5 Å². The van der Waals surface area contributed by atoms with Crippen LogP contribution in [-0.4, -0.2) is 6.71 Å². The fourth-order valence-corrected chi connectivity index (χ4v) is 6.35. The van der Waals surface area contributed by atoms with Crippen LogP contribution in [0, 0.1) is 6.92 Å². The zero-order valence-electron chi connectivity index (χ0n) is 19.2. The van der Waals surface area contributed by atoms with Crippen molar-refractivity contribution in [2.75, 3.05) is 10.2 Å². The number of nitrogens with zero attached hydrogens (tertiary/aromatic N) is 1. The highest BCUT2D eigenvalue weighted by Gasteiger charge is 2.50. The van der Waals surface area contributed by atoms with Crippen molar-refractivity contribution in [3.63, 3.8) is 0 Å². The van der Waals surface area contributed by atoms with Crippen LogP contribution in [0.4, 0.5) is 22.7 Å². The van der Waals surface area contributed by atoms with Gasteiger partial charge in [0.25, 0.3) is 0 Å². The Morgan fingerprint density at radius 3 is 2.42 bits per heavy atom. The number of hydrogen-bond donors (Lipinski definition) is 1. The maximum absolute atomic E-state index is 3.88. The normalized spacial score (nSPS) is 16.6. The summed E-state index contributed by atoms with van der Waals surface area (Å²) in [6, 6.07) is 33.4. The molecule has 0 saturated carbocycles. The van der Waals surface area contributed by atoms with Crippen LogP contribution in [0.2, 0.25) is 0 Å². The Hall–Kier alpha value is -3.72. The number of nitrogens with one attached hydrogen (secondary N) is 1. The second-order valence-electron chi connectivity index (χ2n) is 9.99. The molecule has 2 heterocycles.